The lowest BCUT2D eigenvalue weighted by atomic mass is 10.4. The normalized spacial score (nSPS) is 11.8. The lowest BCUT2D eigenvalue weighted by Crippen LogP contribution is -2.38. The molecule has 1 aromatic rings. The summed E-state index contributed by atoms with van der Waals surface area (Å²) >= 11 is 1.50. The molecule has 0 aliphatic heterocycles. The Hall–Kier alpha value is -0.780. The summed E-state index contributed by atoms with van der Waals surface area (Å²) in [5.41, 5.74) is 0.789. The lowest BCUT2D eigenvalue weighted by Gasteiger charge is -2.12. The molecule has 22 heavy (non-hydrogen) atoms. The van der Waals surface area contributed by atoms with Crippen LogP contribution in [0.15, 0.2) is 10.4 Å². The number of hydrogen-bond acceptors (Lipinski definition) is 4. The fourth-order valence-electron chi connectivity index (χ4n) is 1.40. The zero-order valence-corrected chi connectivity index (χ0v) is 15.8. The third-order valence-corrected chi connectivity index (χ3v) is 3.42. The second-order valence-electron chi connectivity index (χ2n) is 4.50. The Morgan fingerprint density at radius 3 is 2.55 bits per heavy atom. The predicted molar refractivity (Wildman–Crippen MR) is 95.3 cm³/mol. The average molecular weight is 451 g/mol. The summed E-state index contributed by atoms with van der Waals surface area (Å²) in [6.45, 7) is 2.56. The van der Waals surface area contributed by atoms with Crippen LogP contribution in [0.5, 0.6) is 0 Å². The SMILES string of the molecule is CCNC(=NCc1csc(N(C)C)n1)NCCC(F)(F)F.I. The van der Waals surface area contributed by atoms with Crippen LogP contribution >= 0.6 is 35.3 Å². The van der Waals surface area contributed by atoms with E-state index in [0.29, 0.717) is 19.0 Å². The van der Waals surface area contributed by atoms with Crippen LogP contribution < -0.4 is 15.5 Å². The highest BCUT2D eigenvalue weighted by Gasteiger charge is 2.26. The summed E-state index contributed by atoms with van der Waals surface area (Å²) in [4.78, 5) is 10.5. The Kier molecular flexibility index (Phi) is 9.72. The fourth-order valence-corrected chi connectivity index (χ4v) is 2.15. The summed E-state index contributed by atoms with van der Waals surface area (Å²) in [6.07, 6.45) is -5.06. The number of rotatable bonds is 6. The van der Waals surface area contributed by atoms with Crippen molar-refractivity contribution in [1.82, 2.24) is 15.6 Å². The first-order valence-electron chi connectivity index (χ1n) is 6.52. The molecule has 5 nitrogen and oxygen atoms in total. The maximum atomic E-state index is 12.1. The molecule has 0 bridgehead atoms. The van der Waals surface area contributed by atoms with E-state index in [1.54, 1.807) is 0 Å². The molecule has 0 saturated carbocycles. The predicted octanol–water partition coefficient (Wildman–Crippen LogP) is 2.83. The van der Waals surface area contributed by atoms with Gasteiger partial charge < -0.3 is 15.5 Å². The van der Waals surface area contributed by atoms with E-state index in [2.05, 4.69) is 20.6 Å². The van der Waals surface area contributed by atoms with Gasteiger partial charge in [0, 0.05) is 32.6 Å². The number of hydrogen-bond donors (Lipinski definition) is 2. The molecule has 128 valence electrons. The quantitative estimate of drug-likeness (QED) is 0.397. The summed E-state index contributed by atoms with van der Waals surface area (Å²) in [5, 5.41) is 8.32. The number of aromatic nitrogens is 1. The van der Waals surface area contributed by atoms with Gasteiger partial charge >= 0.3 is 6.18 Å². The van der Waals surface area contributed by atoms with Crippen molar-refractivity contribution < 1.29 is 13.2 Å². The van der Waals surface area contributed by atoms with Gasteiger partial charge in [-0.25, -0.2) is 9.98 Å². The van der Waals surface area contributed by atoms with E-state index >= 15 is 0 Å². The molecule has 0 fully saturated rings. The smallest absolute Gasteiger partial charge is 0.357 e. The van der Waals surface area contributed by atoms with Crippen molar-refractivity contribution in [2.75, 3.05) is 32.1 Å². The number of alkyl halides is 3. The van der Waals surface area contributed by atoms with Gasteiger partial charge in [-0.2, -0.15) is 13.2 Å². The van der Waals surface area contributed by atoms with Crippen LogP contribution in [0.2, 0.25) is 0 Å². The molecule has 1 aromatic heterocycles. The Balaban J connectivity index is 0.00000441. The molecule has 0 aliphatic rings. The largest absolute Gasteiger partial charge is 0.390 e. The first-order chi connectivity index (χ1) is 9.81. The van der Waals surface area contributed by atoms with Crippen LogP contribution in [0.3, 0.4) is 0 Å². The molecule has 1 heterocycles. The molecular weight excluding hydrogens is 430 g/mol. The summed E-state index contributed by atoms with van der Waals surface area (Å²) < 4.78 is 36.3. The fraction of sp³-hybridized carbons (Fsp3) is 0.667. The van der Waals surface area contributed by atoms with Gasteiger partial charge in [0.05, 0.1) is 18.7 Å². The number of thiazole rings is 1. The molecule has 0 aliphatic carbocycles. The molecule has 0 atom stereocenters. The molecule has 0 saturated heterocycles. The number of halogens is 4. The lowest BCUT2D eigenvalue weighted by molar-refractivity contribution is -0.132. The van der Waals surface area contributed by atoms with Gasteiger partial charge in [0.25, 0.3) is 0 Å². The minimum absolute atomic E-state index is 0. The van der Waals surface area contributed by atoms with Crippen LogP contribution in [-0.4, -0.2) is 44.3 Å². The first kappa shape index (κ1) is 21.2. The minimum atomic E-state index is -4.17. The molecule has 0 radical (unpaired) electrons. The van der Waals surface area contributed by atoms with Crippen molar-refractivity contribution in [1.29, 1.82) is 0 Å². The zero-order chi connectivity index (χ0) is 15.9. The number of guanidine groups is 1. The number of nitrogens with one attached hydrogen (secondary N) is 2. The molecule has 0 spiro atoms. The topological polar surface area (TPSA) is 52.6 Å². The van der Waals surface area contributed by atoms with E-state index in [0.717, 1.165) is 10.8 Å². The van der Waals surface area contributed by atoms with E-state index in [4.69, 9.17) is 0 Å². The van der Waals surface area contributed by atoms with Crippen LogP contribution in [0, 0.1) is 0 Å². The molecule has 0 unspecified atom stereocenters. The van der Waals surface area contributed by atoms with E-state index in [-0.39, 0.29) is 30.5 Å². The molecule has 0 aromatic carbocycles. The van der Waals surface area contributed by atoms with Gasteiger partial charge in [0.1, 0.15) is 0 Å². The Morgan fingerprint density at radius 2 is 2.05 bits per heavy atom. The van der Waals surface area contributed by atoms with Crippen molar-refractivity contribution >= 4 is 46.4 Å². The summed E-state index contributed by atoms with van der Waals surface area (Å²) in [7, 11) is 3.79. The van der Waals surface area contributed by atoms with E-state index in [1.165, 1.54) is 11.3 Å². The third-order valence-electron chi connectivity index (χ3n) is 2.37. The van der Waals surface area contributed by atoms with Crippen molar-refractivity contribution in [3.63, 3.8) is 0 Å². The highest BCUT2D eigenvalue weighted by Crippen LogP contribution is 2.19. The molecule has 1 rings (SSSR count). The molecule has 10 heteroatoms. The van der Waals surface area contributed by atoms with Gasteiger partial charge in [0.2, 0.25) is 0 Å². The van der Waals surface area contributed by atoms with Crippen LogP contribution in [0.4, 0.5) is 18.3 Å². The van der Waals surface area contributed by atoms with Crippen molar-refractivity contribution in [3.05, 3.63) is 11.1 Å². The highest BCUT2D eigenvalue weighted by molar-refractivity contribution is 14.0. The Morgan fingerprint density at radius 1 is 1.36 bits per heavy atom. The van der Waals surface area contributed by atoms with E-state index in [1.807, 2.05) is 31.3 Å². The van der Waals surface area contributed by atoms with Gasteiger partial charge in [-0.1, -0.05) is 0 Å². The minimum Gasteiger partial charge on any atom is -0.357 e. The molecule has 2 N–H and O–H groups in total. The van der Waals surface area contributed by atoms with Gasteiger partial charge in [-0.15, -0.1) is 35.3 Å². The number of aliphatic imine (C=N–C) groups is 1. The van der Waals surface area contributed by atoms with Crippen LogP contribution in [0.1, 0.15) is 19.0 Å². The Labute approximate surface area is 149 Å². The van der Waals surface area contributed by atoms with E-state index < -0.39 is 12.6 Å². The molecule has 0 amide bonds. The van der Waals surface area contributed by atoms with Gasteiger partial charge in [0.15, 0.2) is 11.1 Å². The maximum absolute atomic E-state index is 12.1. The van der Waals surface area contributed by atoms with Crippen LogP contribution in [-0.2, 0) is 6.54 Å². The van der Waals surface area contributed by atoms with Gasteiger partial charge in [-0.3, -0.25) is 0 Å². The Bertz CT molecular complexity index is 462. The van der Waals surface area contributed by atoms with Gasteiger partial charge in [-0.05, 0) is 6.92 Å². The summed E-state index contributed by atoms with van der Waals surface area (Å²) in [6, 6.07) is 0. The molecular formula is C12H21F3IN5S. The summed E-state index contributed by atoms with van der Waals surface area (Å²) in [5.74, 6) is 0.362. The van der Waals surface area contributed by atoms with Crippen molar-refractivity contribution in [2.24, 2.45) is 4.99 Å². The second kappa shape index (κ2) is 10.1. The number of anilines is 1. The number of nitrogens with zero attached hydrogens (tertiary/aromatic N) is 3. The monoisotopic (exact) mass is 451 g/mol. The standard InChI is InChI=1S/C12H20F3N5S.HI/c1-4-16-10(17-6-5-12(13,14)15)18-7-9-8-21-11(19-9)20(2)3;/h8H,4-7H2,1-3H3,(H2,16,17,18);1H. The second-order valence-corrected chi connectivity index (χ2v) is 5.34. The average Bonchev–Trinajstić information content (AvgIpc) is 2.83. The maximum Gasteiger partial charge on any atom is 0.390 e. The first-order valence-corrected chi connectivity index (χ1v) is 7.40. The zero-order valence-electron chi connectivity index (χ0n) is 12.7. The van der Waals surface area contributed by atoms with Crippen LogP contribution in [0.25, 0.3) is 0 Å². The third kappa shape index (κ3) is 8.61. The van der Waals surface area contributed by atoms with E-state index in [9.17, 15) is 13.2 Å². The highest BCUT2D eigenvalue weighted by atomic mass is 127. The van der Waals surface area contributed by atoms with Crippen molar-refractivity contribution in [3.8, 4) is 0 Å². The van der Waals surface area contributed by atoms with Crippen molar-refractivity contribution in [2.45, 2.75) is 26.1 Å².